The molecule has 0 saturated heterocycles. The Kier molecular flexibility index (Phi) is 14.9. The van der Waals surface area contributed by atoms with Crippen molar-refractivity contribution in [1.82, 2.24) is 0 Å². The summed E-state index contributed by atoms with van der Waals surface area (Å²) in [6.45, 7) is 25.0. The number of allylic oxidation sites excluding steroid dienone is 22. The van der Waals surface area contributed by atoms with Crippen molar-refractivity contribution in [3.63, 3.8) is 0 Å². The zero-order chi connectivity index (χ0) is 42.9. The predicted octanol–water partition coefficient (Wildman–Crippen LogP) is 11.0. The number of ketones is 2. The van der Waals surface area contributed by atoms with Gasteiger partial charge in [0.25, 0.3) is 0 Å². The first-order chi connectivity index (χ1) is 27.2. The molecule has 2 aliphatic carbocycles. The SMILES string of the molecule is CC1=C(/C=C/C(C)=C/C=C/C(C)=C/C=C/C=C(C)/C=C/C=C(C)/C=C/C2=C(C)C(=O)C([n+]3ccc(C)c(N)c3)CC2(C)C)C(C)(C)CC([n+]2ccc(C)c(N)c2)C1=O. The molecule has 2 unspecified atom stereocenters. The van der Waals surface area contributed by atoms with Crippen molar-refractivity contribution in [3.05, 3.63) is 178 Å². The molecule has 6 nitrogen and oxygen atoms in total. The topological polar surface area (TPSA) is 93.9 Å². The van der Waals surface area contributed by atoms with Gasteiger partial charge in [0.2, 0.25) is 23.7 Å². The van der Waals surface area contributed by atoms with Crippen molar-refractivity contribution < 1.29 is 18.7 Å². The van der Waals surface area contributed by atoms with Gasteiger partial charge in [-0.25, -0.2) is 0 Å². The molecule has 0 radical (unpaired) electrons. The minimum atomic E-state index is -0.257. The molecule has 4 rings (SSSR count). The molecule has 0 aromatic carbocycles. The van der Waals surface area contributed by atoms with Gasteiger partial charge in [0, 0.05) is 36.1 Å². The van der Waals surface area contributed by atoms with E-state index in [1.54, 1.807) is 0 Å². The van der Waals surface area contributed by atoms with Crippen LogP contribution < -0.4 is 20.6 Å². The predicted molar refractivity (Wildman–Crippen MR) is 243 cm³/mol. The highest BCUT2D eigenvalue weighted by Gasteiger charge is 2.44. The number of hydrogen-bond acceptors (Lipinski definition) is 4. The highest BCUT2D eigenvalue weighted by Crippen LogP contribution is 2.43. The molecule has 58 heavy (non-hydrogen) atoms. The number of nitrogens with zero attached hydrogens (tertiary/aromatic N) is 2. The van der Waals surface area contributed by atoms with Crippen LogP contribution in [0.2, 0.25) is 0 Å². The Balaban J connectivity index is 1.32. The van der Waals surface area contributed by atoms with E-state index in [0.717, 1.165) is 55.7 Å². The van der Waals surface area contributed by atoms with Crippen molar-refractivity contribution >= 4 is 22.9 Å². The average molecular weight is 779 g/mol. The van der Waals surface area contributed by atoms with Crippen LogP contribution in [0.4, 0.5) is 11.4 Å². The third-order valence-corrected chi connectivity index (χ3v) is 11.5. The Hall–Kier alpha value is -5.62. The van der Waals surface area contributed by atoms with E-state index < -0.39 is 0 Å². The summed E-state index contributed by atoms with van der Waals surface area (Å²) in [7, 11) is 0. The summed E-state index contributed by atoms with van der Waals surface area (Å²) in [6.07, 6.45) is 38.3. The lowest BCUT2D eigenvalue weighted by Gasteiger charge is -2.34. The van der Waals surface area contributed by atoms with Crippen LogP contribution in [-0.4, -0.2) is 11.6 Å². The van der Waals surface area contributed by atoms with Gasteiger partial charge in [-0.15, -0.1) is 0 Å². The molecular weight excluding hydrogens is 713 g/mol. The number of aryl methyl sites for hydroxylation is 2. The standard InChI is InChI=1S/C52H66N4O2/c1-35(19-15-21-37(3)23-25-43-41(7)49(57)47(31-51(43,9)10)55-29-27-39(5)45(53)33-55)17-13-14-18-36(2)20-16-22-38(4)24-26-44-42(8)50(58)48(32-52(44,11)12)56-30-28-40(6)46(54)34-56/h13-30,33-34,47-48H,31-32,53-54H2,1-12H3/q+2/b14-13+,19-15+,20-16+,25-23+,26-24+,35-17+,36-18+,37-21+,38-22+. The molecule has 4 N–H and O–H groups in total. The number of nitrogen functional groups attached to an aromatic ring is 2. The number of carbonyl (C=O) groups excluding carboxylic acids is 2. The summed E-state index contributed by atoms with van der Waals surface area (Å²) < 4.78 is 3.93. The maximum Gasteiger partial charge on any atom is 0.226 e. The van der Waals surface area contributed by atoms with Gasteiger partial charge < -0.3 is 11.5 Å². The second-order valence-corrected chi connectivity index (χ2v) is 17.5. The molecule has 0 fully saturated rings. The van der Waals surface area contributed by atoms with Gasteiger partial charge in [0.15, 0.2) is 24.8 Å². The number of anilines is 2. The molecule has 2 aromatic rings. The summed E-state index contributed by atoms with van der Waals surface area (Å²) in [4.78, 5) is 26.9. The molecule has 304 valence electrons. The monoisotopic (exact) mass is 779 g/mol. The highest BCUT2D eigenvalue weighted by atomic mass is 16.1. The summed E-state index contributed by atoms with van der Waals surface area (Å²) in [5.74, 6) is 0.289. The van der Waals surface area contributed by atoms with Crippen LogP contribution in [-0.2, 0) is 9.59 Å². The van der Waals surface area contributed by atoms with Gasteiger partial charge in [-0.2, -0.15) is 9.13 Å². The van der Waals surface area contributed by atoms with Crippen molar-refractivity contribution in [1.29, 1.82) is 0 Å². The average Bonchev–Trinajstić information content (AvgIpc) is 3.15. The molecule has 2 atom stereocenters. The van der Waals surface area contributed by atoms with Crippen LogP contribution in [0, 0.1) is 24.7 Å². The fraction of sp³-hybridized carbons (Fsp3) is 0.346. The number of rotatable bonds is 12. The molecule has 0 saturated carbocycles. The van der Waals surface area contributed by atoms with Gasteiger partial charge >= 0.3 is 0 Å². The lowest BCUT2D eigenvalue weighted by atomic mass is 9.70. The van der Waals surface area contributed by atoms with E-state index in [1.165, 1.54) is 0 Å². The van der Waals surface area contributed by atoms with Crippen molar-refractivity contribution in [2.45, 2.75) is 108 Å². The van der Waals surface area contributed by atoms with Crippen LogP contribution in [0.15, 0.2) is 167 Å². The van der Waals surface area contributed by atoms with Crippen molar-refractivity contribution in [2.75, 3.05) is 11.5 Å². The van der Waals surface area contributed by atoms with Gasteiger partial charge in [0.05, 0.1) is 11.4 Å². The summed E-state index contributed by atoms with van der Waals surface area (Å²) >= 11 is 0. The minimum Gasteiger partial charge on any atom is -0.394 e. The maximum absolute atomic E-state index is 13.5. The zero-order valence-electron chi connectivity index (χ0n) is 37.0. The lowest BCUT2D eigenvalue weighted by Crippen LogP contribution is -2.48. The first-order valence-corrected chi connectivity index (χ1v) is 20.3. The van der Waals surface area contributed by atoms with E-state index in [-0.39, 0.29) is 34.5 Å². The fourth-order valence-corrected chi connectivity index (χ4v) is 7.69. The quantitative estimate of drug-likeness (QED) is 0.166. The van der Waals surface area contributed by atoms with Crippen LogP contribution in [0.1, 0.15) is 105 Å². The van der Waals surface area contributed by atoms with Crippen molar-refractivity contribution in [2.24, 2.45) is 10.8 Å². The van der Waals surface area contributed by atoms with Crippen LogP contribution >= 0.6 is 0 Å². The molecule has 0 bridgehead atoms. The van der Waals surface area contributed by atoms with E-state index in [9.17, 15) is 9.59 Å². The Bertz CT molecular complexity index is 2110. The van der Waals surface area contributed by atoms with E-state index in [1.807, 2.05) is 85.9 Å². The van der Waals surface area contributed by atoms with Crippen LogP contribution in [0.5, 0.6) is 0 Å². The maximum atomic E-state index is 13.5. The van der Waals surface area contributed by atoms with Gasteiger partial charge in [-0.3, -0.25) is 9.59 Å². The number of aromatic nitrogens is 2. The van der Waals surface area contributed by atoms with Crippen LogP contribution in [0.3, 0.4) is 0 Å². The number of nitrogens with two attached hydrogens (primary N) is 2. The van der Waals surface area contributed by atoms with Crippen LogP contribution in [0.25, 0.3) is 0 Å². The molecule has 0 amide bonds. The summed E-state index contributed by atoms with van der Waals surface area (Å²) in [5.41, 5.74) is 23.7. The molecule has 0 spiro atoms. The molecule has 0 aliphatic heterocycles. The fourth-order valence-electron chi connectivity index (χ4n) is 7.69. The second kappa shape index (κ2) is 19.2. The smallest absolute Gasteiger partial charge is 0.226 e. The number of carbonyl (C=O) groups is 2. The van der Waals surface area contributed by atoms with Gasteiger partial charge in [0.1, 0.15) is 0 Å². The highest BCUT2D eigenvalue weighted by molar-refractivity contribution is 6.00. The van der Waals surface area contributed by atoms with Gasteiger partial charge in [-0.05, 0) is 88.5 Å². The van der Waals surface area contributed by atoms with E-state index in [0.29, 0.717) is 24.2 Å². The van der Waals surface area contributed by atoms with Crippen molar-refractivity contribution in [3.8, 4) is 0 Å². The Labute approximate surface area is 348 Å². The number of hydrogen-bond donors (Lipinski definition) is 2. The molecular formula is C52H66N4O2+2. The van der Waals surface area contributed by atoms with Gasteiger partial charge in [-0.1, -0.05) is 135 Å². The van der Waals surface area contributed by atoms with E-state index >= 15 is 0 Å². The molecule has 2 heterocycles. The molecule has 6 heteroatoms. The van der Waals surface area contributed by atoms with E-state index in [4.69, 9.17) is 11.5 Å². The summed E-state index contributed by atoms with van der Waals surface area (Å²) in [5, 5.41) is 0. The first kappa shape index (κ1) is 45.1. The largest absolute Gasteiger partial charge is 0.394 e. The lowest BCUT2D eigenvalue weighted by molar-refractivity contribution is -0.710. The Morgan fingerprint density at radius 3 is 1.24 bits per heavy atom. The Morgan fingerprint density at radius 1 is 0.569 bits per heavy atom. The third-order valence-electron chi connectivity index (χ3n) is 11.5. The van der Waals surface area contributed by atoms with E-state index in [2.05, 4.69) is 128 Å². The first-order valence-electron chi connectivity index (χ1n) is 20.3. The zero-order valence-corrected chi connectivity index (χ0v) is 37.0. The molecule has 2 aromatic heterocycles. The second-order valence-electron chi connectivity index (χ2n) is 17.5. The minimum absolute atomic E-state index is 0.144. The number of Topliss-reactive ketones (excluding diaryl/α,β-unsaturated/α-hetero) is 2. The Morgan fingerprint density at radius 2 is 0.897 bits per heavy atom. The normalized spacial score (nSPS) is 21.4. The number of pyridine rings is 2. The summed E-state index contributed by atoms with van der Waals surface area (Å²) in [6, 6.07) is 3.43. The molecule has 2 aliphatic rings. The third kappa shape index (κ3) is 11.5.